The molecule has 1 atom stereocenters. The summed E-state index contributed by atoms with van der Waals surface area (Å²) in [5.74, 6) is 1.01. The van der Waals surface area contributed by atoms with E-state index in [1.165, 1.54) is 11.1 Å². The molecular formula is C18H25N3. The second kappa shape index (κ2) is 7.79. The second-order valence-corrected chi connectivity index (χ2v) is 5.55. The van der Waals surface area contributed by atoms with Crippen molar-refractivity contribution in [3.8, 4) is 0 Å². The van der Waals surface area contributed by atoms with Crippen LogP contribution >= 0.6 is 0 Å². The molecular weight excluding hydrogens is 258 g/mol. The lowest BCUT2D eigenvalue weighted by Gasteiger charge is -2.18. The van der Waals surface area contributed by atoms with Crippen molar-refractivity contribution in [3.63, 3.8) is 0 Å². The topological polar surface area (TPSA) is 42.1 Å². The van der Waals surface area contributed by atoms with Crippen LogP contribution in [0.1, 0.15) is 24.5 Å². The van der Waals surface area contributed by atoms with E-state index < -0.39 is 0 Å². The van der Waals surface area contributed by atoms with Gasteiger partial charge in [0, 0.05) is 25.8 Å². The number of benzene rings is 1. The molecule has 0 aliphatic heterocycles. The largest absolute Gasteiger partial charge is 0.359 e. The molecule has 0 saturated heterocycles. The van der Waals surface area contributed by atoms with Gasteiger partial charge in [0.2, 0.25) is 0 Å². The van der Waals surface area contributed by atoms with E-state index in [1.54, 1.807) is 0 Å². The Bertz CT molecular complexity index is 522. The van der Waals surface area contributed by atoms with Crippen LogP contribution in [0.4, 0.5) is 5.82 Å². The van der Waals surface area contributed by atoms with Crippen molar-refractivity contribution in [1.82, 2.24) is 4.98 Å². The van der Waals surface area contributed by atoms with Crippen LogP contribution in [0.5, 0.6) is 0 Å². The van der Waals surface area contributed by atoms with Crippen molar-refractivity contribution in [3.05, 3.63) is 59.8 Å². The van der Waals surface area contributed by atoms with E-state index in [1.807, 2.05) is 6.20 Å². The van der Waals surface area contributed by atoms with Gasteiger partial charge in [0.05, 0.1) is 0 Å². The summed E-state index contributed by atoms with van der Waals surface area (Å²) in [4.78, 5) is 6.74. The second-order valence-electron chi connectivity index (χ2n) is 5.55. The Morgan fingerprint density at radius 1 is 1.10 bits per heavy atom. The third-order valence-electron chi connectivity index (χ3n) is 3.80. The van der Waals surface area contributed by atoms with E-state index in [0.717, 1.165) is 31.6 Å². The first-order valence-electron chi connectivity index (χ1n) is 7.64. The number of anilines is 1. The SMILES string of the molecule is CCC(N)Cc1ccc(N(C)CCc2ccccc2)nc1. The predicted molar refractivity (Wildman–Crippen MR) is 89.6 cm³/mol. The number of hydrogen-bond donors (Lipinski definition) is 1. The summed E-state index contributed by atoms with van der Waals surface area (Å²) >= 11 is 0. The van der Waals surface area contributed by atoms with E-state index in [2.05, 4.69) is 66.3 Å². The van der Waals surface area contributed by atoms with Gasteiger partial charge in [-0.3, -0.25) is 0 Å². The lowest BCUT2D eigenvalue weighted by molar-refractivity contribution is 0.645. The highest BCUT2D eigenvalue weighted by molar-refractivity contribution is 5.38. The zero-order chi connectivity index (χ0) is 15.1. The number of nitrogens with two attached hydrogens (primary N) is 1. The Morgan fingerprint density at radius 2 is 1.86 bits per heavy atom. The highest BCUT2D eigenvalue weighted by Crippen LogP contribution is 2.12. The maximum atomic E-state index is 5.98. The molecule has 2 N–H and O–H groups in total. The third-order valence-corrected chi connectivity index (χ3v) is 3.80. The fourth-order valence-electron chi connectivity index (χ4n) is 2.27. The Kier molecular flexibility index (Phi) is 5.76. The first-order valence-corrected chi connectivity index (χ1v) is 7.64. The average Bonchev–Trinajstić information content (AvgIpc) is 2.54. The minimum absolute atomic E-state index is 0.230. The number of likely N-dealkylation sites (N-methyl/N-ethyl adjacent to an activating group) is 1. The van der Waals surface area contributed by atoms with Crippen LogP contribution in [0.2, 0.25) is 0 Å². The smallest absolute Gasteiger partial charge is 0.128 e. The van der Waals surface area contributed by atoms with Crippen molar-refractivity contribution in [2.45, 2.75) is 32.2 Å². The summed E-state index contributed by atoms with van der Waals surface area (Å²) in [6.45, 7) is 3.08. The summed E-state index contributed by atoms with van der Waals surface area (Å²) in [6, 6.07) is 15.0. The molecule has 1 heterocycles. The monoisotopic (exact) mass is 283 g/mol. The molecule has 3 nitrogen and oxygen atoms in total. The van der Waals surface area contributed by atoms with Crippen LogP contribution in [-0.2, 0) is 12.8 Å². The van der Waals surface area contributed by atoms with Crippen LogP contribution < -0.4 is 10.6 Å². The quantitative estimate of drug-likeness (QED) is 0.849. The zero-order valence-electron chi connectivity index (χ0n) is 13.0. The van der Waals surface area contributed by atoms with Crippen LogP contribution in [0, 0.1) is 0 Å². The average molecular weight is 283 g/mol. The van der Waals surface area contributed by atoms with Gasteiger partial charge in [-0.15, -0.1) is 0 Å². The number of pyridine rings is 1. The van der Waals surface area contributed by atoms with Crippen molar-refractivity contribution < 1.29 is 0 Å². The predicted octanol–water partition coefficient (Wildman–Crippen LogP) is 3.04. The molecule has 3 heteroatoms. The van der Waals surface area contributed by atoms with Crippen molar-refractivity contribution in [1.29, 1.82) is 0 Å². The Hall–Kier alpha value is -1.87. The lowest BCUT2D eigenvalue weighted by Crippen LogP contribution is -2.23. The van der Waals surface area contributed by atoms with Crippen LogP contribution in [0.3, 0.4) is 0 Å². The molecule has 21 heavy (non-hydrogen) atoms. The number of nitrogens with zero attached hydrogens (tertiary/aromatic N) is 2. The summed E-state index contributed by atoms with van der Waals surface area (Å²) in [5.41, 5.74) is 8.55. The van der Waals surface area contributed by atoms with Gasteiger partial charge in [0.15, 0.2) is 0 Å². The van der Waals surface area contributed by atoms with E-state index in [4.69, 9.17) is 5.73 Å². The van der Waals surface area contributed by atoms with Gasteiger partial charge >= 0.3 is 0 Å². The van der Waals surface area contributed by atoms with Crippen LogP contribution in [0.25, 0.3) is 0 Å². The normalized spacial score (nSPS) is 12.1. The highest BCUT2D eigenvalue weighted by Gasteiger charge is 2.05. The minimum Gasteiger partial charge on any atom is -0.359 e. The Balaban J connectivity index is 1.89. The van der Waals surface area contributed by atoms with Crippen molar-refractivity contribution >= 4 is 5.82 Å². The summed E-state index contributed by atoms with van der Waals surface area (Å²) in [5, 5.41) is 0. The lowest BCUT2D eigenvalue weighted by atomic mass is 10.1. The zero-order valence-corrected chi connectivity index (χ0v) is 13.0. The fourth-order valence-corrected chi connectivity index (χ4v) is 2.27. The maximum Gasteiger partial charge on any atom is 0.128 e. The molecule has 0 spiro atoms. The van der Waals surface area contributed by atoms with Gasteiger partial charge in [-0.2, -0.15) is 0 Å². The van der Waals surface area contributed by atoms with Gasteiger partial charge in [0.1, 0.15) is 5.82 Å². The van der Waals surface area contributed by atoms with Gasteiger partial charge in [-0.1, -0.05) is 43.3 Å². The van der Waals surface area contributed by atoms with Crippen molar-refractivity contribution in [2.24, 2.45) is 5.73 Å². The van der Waals surface area contributed by atoms with Crippen LogP contribution in [0.15, 0.2) is 48.7 Å². The molecule has 0 saturated carbocycles. The van der Waals surface area contributed by atoms with Gasteiger partial charge in [-0.05, 0) is 36.5 Å². The molecule has 0 bridgehead atoms. The number of aromatic nitrogens is 1. The molecule has 2 rings (SSSR count). The molecule has 1 aromatic carbocycles. The van der Waals surface area contributed by atoms with E-state index in [9.17, 15) is 0 Å². The van der Waals surface area contributed by atoms with E-state index in [-0.39, 0.29) is 6.04 Å². The van der Waals surface area contributed by atoms with Gasteiger partial charge in [0.25, 0.3) is 0 Å². The first kappa shape index (κ1) is 15.5. The molecule has 0 amide bonds. The maximum absolute atomic E-state index is 5.98. The minimum atomic E-state index is 0.230. The van der Waals surface area contributed by atoms with E-state index in [0.29, 0.717) is 0 Å². The molecule has 0 aliphatic carbocycles. The molecule has 1 unspecified atom stereocenters. The third kappa shape index (κ3) is 4.87. The summed E-state index contributed by atoms with van der Waals surface area (Å²) < 4.78 is 0. The highest BCUT2D eigenvalue weighted by atomic mass is 15.2. The summed E-state index contributed by atoms with van der Waals surface area (Å²) in [7, 11) is 2.09. The number of hydrogen-bond acceptors (Lipinski definition) is 3. The Labute approximate surface area is 127 Å². The molecule has 1 aromatic heterocycles. The van der Waals surface area contributed by atoms with Gasteiger partial charge < -0.3 is 10.6 Å². The molecule has 2 aromatic rings. The fraction of sp³-hybridized carbons (Fsp3) is 0.389. The summed E-state index contributed by atoms with van der Waals surface area (Å²) in [6.07, 6.45) is 4.88. The van der Waals surface area contributed by atoms with Crippen LogP contribution in [-0.4, -0.2) is 24.6 Å². The molecule has 112 valence electrons. The molecule has 0 fully saturated rings. The Morgan fingerprint density at radius 3 is 2.48 bits per heavy atom. The standard InChI is InChI=1S/C18H25N3/c1-3-17(19)13-16-9-10-18(20-14-16)21(2)12-11-15-7-5-4-6-8-15/h4-10,14,17H,3,11-13,19H2,1-2H3. The van der Waals surface area contributed by atoms with Gasteiger partial charge in [-0.25, -0.2) is 4.98 Å². The molecule has 0 radical (unpaired) electrons. The van der Waals surface area contributed by atoms with Crippen molar-refractivity contribution in [2.75, 3.05) is 18.5 Å². The number of rotatable bonds is 7. The molecule has 0 aliphatic rings. The first-order chi connectivity index (χ1) is 10.2. The van der Waals surface area contributed by atoms with E-state index >= 15 is 0 Å².